The first-order valence-electron chi connectivity index (χ1n) is 6.29. The normalized spacial score (nSPS) is 32.5. The third kappa shape index (κ3) is 3.19. The van der Waals surface area contributed by atoms with Crippen molar-refractivity contribution in [1.82, 2.24) is 4.90 Å². The molecule has 2 fully saturated rings. The molecule has 0 spiro atoms. The Hall–Kier alpha value is -0.610. The maximum absolute atomic E-state index is 10.6. The molecule has 0 bridgehead atoms. The molecule has 1 saturated heterocycles. The van der Waals surface area contributed by atoms with E-state index in [2.05, 4.69) is 4.90 Å². The summed E-state index contributed by atoms with van der Waals surface area (Å²) in [5.74, 6) is -0.232. The summed E-state index contributed by atoms with van der Waals surface area (Å²) < 4.78 is 5.34. The number of rotatable bonds is 3. The highest BCUT2D eigenvalue weighted by atomic mass is 16.5. The Morgan fingerprint density at radius 2 is 1.81 bits per heavy atom. The van der Waals surface area contributed by atoms with Crippen molar-refractivity contribution in [3.8, 4) is 0 Å². The van der Waals surface area contributed by atoms with E-state index in [0.29, 0.717) is 18.4 Å². The summed E-state index contributed by atoms with van der Waals surface area (Å²) >= 11 is 0. The summed E-state index contributed by atoms with van der Waals surface area (Å²) in [4.78, 5) is 13.1. The van der Waals surface area contributed by atoms with Gasteiger partial charge in [0, 0.05) is 25.6 Å². The number of ether oxygens (including phenoxy) is 1. The zero-order valence-corrected chi connectivity index (χ0v) is 9.73. The Kier molecular flexibility index (Phi) is 4.18. The number of carboxylic acid groups (broad SMARTS) is 1. The second kappa shape index (κ2) is 5.64. The van der Waals surface area contributed by atoms with Gasteiger partial charge in [0.1, 0.15) is 0 Å². The van der Waals surface area contributed by atoms with Crippen LogP contribution in [0.5, 0.6) is 0 Å². The van der Waals surface area contributed by atoms with Gasteiger partial charge in [0.15, 0.2) is 0 Å². The van der Waals surface area contributed by atoms with Gasteiger partial charge >= 0.3 is 5.97 Å². The average Bonchev–Trinajstić information content (AvgIpc) is 2.30. The molecule has 0 aromatic carbocycles. The molecule has 0 unspecified atom stereocenters. The van der Waals surface area contributed by atoms with Gasteiger partial charge in [0.2, 0.25) is 0 Å². The lowest BCUT2D eigenvalue weighted by Crippen LogP contribution is -2.45. The molecule has 1 heterocycles. The van der Waals surface area contributed by atoms with Crippen molar-refractivity contribution in [2.45, 2.75) is 38.1 Å². The maximum Gasteiger partial charge on any atom is 0.303 e. The number of hydrogen-bond donors (Lipinski definition) is 1. The number of carbonyl (C=O) groups is 1. The predicted molar refractivity (Wildman–Crippen MR) is 60.4 cm³/mol. The van der Waals surface area contributed by atoms with Gasteiger partial charge in [-0.3, -0.25) is 9.69 Å². The molecule has 2 rings (SSSR count). The fourth-order valence-electron chi connectivity index (χ4n) is 2.90. The van der Waals surface area contributed by atoms with Crippen LogP contribution in [0.25, 0.3) is 0 Å². The highest BCUT2D eigenvalue weighted by molar-refractivity contribution is 5.67. The molecule has 1 N–H and O–H groups in total. The Morgan fingerprint density at radius 3 is 2.38 bits per heavy atom. The molecule has 0 radical (unpaired) electrons. The van der Waals surface area contributed by atoms with Crippen molar-refractivity contribution in [2.24, 2.45) is 5.92 Å². The van der Waals surface area contributed by atoms with Gasteiger partial charge in [-0.2, -0.15) is 0 Å². The minimum absolute atomic E-state index is 0.357. The predicted octanol–water partition coefficient (Wildman–Crippen LogP) is 1.35. The lowest BCUT2D eigenvalue weighted by atomic mass is 9.83. The van der Waals surface area contributed by atoms with E-state index in [0.717, 1.165) is 52.0 Å². The lowest BCUT2D eigenvalue weighted by Gasteiger charge is -2.38. The first-order chi connectivity index (χ1) is 7.75. The molecule has 4 heteroatoms. The first-order valence-corrected chi connectivity index (χ1v) is 6.29. The van der Waals surface area contributed by atoms with E-state index in [-0.39, 0.29) is 0 Å². The zero-order chi connectivity index (χ0) is 11.4. The first kappa shape index (κ1) is 11.9. The molecule has 4 nitrogen and oxygen atoms in total. The SMILES string of the molecule is O=C(O)C[C@H]1CC[C@H](N2CCOCC2)CC1. The minimum Gasteiger partial charge on any atom is -0.481 e. The van der Waals surface area contributed by atoms with Crippen molar-refractivity contribution >= 4 is 5.97 Å². The van der Waals surface area contributed by atoms with E-state index in [4.69, 9.17) is 9.84 Å². The highest BCUT2D eigenvalue weighted by Crippen LogP contribution is 2.29. The van der Waals surface area contributed by atoms with E-state index in [1.165, 1.54) is 0 Å². The number of hydrogen-bond acceptors (Lipinski definition) is 3. The number of nitrogens with zero attached hydrogens (tertiary/aromatic N) is 1. The third-order valence-corrected chi connectivity index (χ3v) is 3.84. The van der Waals surface area contributed by atoms with Crippen molar-refractivity contribution < 1.29 is 14.6 Å². The van der Waals surface area contributed by atoms with Crippen LogP contribution >= 0.6 is 0 Å². The van der Waals surface area contributed by atoms with Crippen LogP contribution in [0.3, 0.4) is 0 Å². The van der Waals surface area contributed by atoms with Crippen molar-refractivity contribution in [2.75, 3.05) is 26.3 Å². The summed E-state index contributed by atoms with van der Waals surface area (Å²) in [6, 6.07) is 0.675. The largest absolute Gasteiger partial charge is 0.481 e. The molecule has 1 saturated carbocycles. The van der Waals surface area contributed by atoms with E-state index in [1.54, 1.807) is 0 Å². The molecule has 0 aromatic rings. The second-order valence-corrected chi connectivity index (χ2v) is 4.92. The molecular formula is C12H21NO3. The fraction of sp³-hybridized carbons (Fsp3) is 0.917. The van der Waals surface area contributed by atoms with Crippen LogP contribution in [0, 0.1) is 5.92 Å². The molecule has 0 atom stereocenters. The quantitative estimate of drug-likeness (QED) is 0.790. The Labute approximate surface area is 96.6 Å². The summed E-state index contributed by atoms with van der Waals surface area (Å²) in [6.45, 7) is 3.81. The van der Waals surface area contributed by atoms with E-state index >= 15 is 0 Å². The molecule has 0 aromatic heterocycles. The minimum atomic E-state index is -0.644. The monoisotopic (exact) mass is 227 g/mol. The molecule has 2 aliphatic rings. The van der Waals surface area contributed by atoms with Gasteiger partial charge < -0.3 is 9.84 Å². The van der Waals surface area contributed by atoms with Crippen LogP contribution < -0.4 is 0 Å². The van der Waals surface area contributed by atoms with Gasteiger partial charge in [0.05, 0.1) is 13.2 Å². The van der Waals surface area contributed by atoms with E-state index < -0.39 is 5.97 Å². The smallest absolute Gasteiger partial charge is 0.303 e. The molecule has 1 aliphatic carbocycles. The van der Waals surface area contributed by atoms with E-state index in [9.17, 15) is 4.79 Å². The molecule has 92 valence electrons. The number of morpholine rings is 1. The van der Waals surface area contributed by atoms with Crippen LogP contribution in [-0.2, 0) is 9.53 Å². The van der Waals surface area contributed by atoms with Crippen LogP contribution in [0.15, 0.2) is 0 Å². The van der Waals surface area contributed by atoms with Crippen LogP contribution in [0.4, 0.5) is 0 Å². The standard InChI is InChI=1S/C12H21NO3/c14-12(15)9-10-1-3-11(4-2-10)13-5-7-16-8-6-13/h10-11H,1-9H2,(H,14,15)/t10-,11-. The average molecular weight is 227 g/mol. The van der Waals surface area contributed by atoms with Crippen molar-refractivity contribution in [3.05, 3.63) is 0 Å². The fourth-order valence-corrected chi connectivity index (χ4v) is 2.90. The maximum atomic E-state index is 10.6. The van der Waals surface area contributed by atoms with Crippen LogP contribution in [0.1, 0.15) is 32.1 Å². The van der Waals surface area contributed by atoms with Gasteiger partial charge in [0.25, 0.3) is 0 Å². The second-order valence-electron chi connectivity index (χ2n) is 4.92. The Bertz CT molecular complexity index is 230. The van der Waals surface area contributed by atoms with E-state index in [1.807, 2.05) is 0 Å². The summed E-state index contributed by atoms with van der Waals surface area (Å²) in [5, 5.41) is 8.75. The Balaban J connectivity index is 1.73. The van der Waals surface area contributed by atoms with Crippen LogP contribution in [0.2, 0.25) is 0 Å². The zero-order valence-electron chi connectivity index (χ0n) is 9.73. The highest BCUT2D eigenvalue weighted by Gasteiger charge is 2.27. The lowest BCUT2D eigenvalue weighted by molar-refractivity contribution is -0.138. The molecule has 1 aliphatic heterocycles. The van der Waals surface area contributed by atoms with Gasteiger partial charge in [-0.05, 0) is 31.6 Å². The molecular weight excluding hydrogens is 206 g/mol. The Morgan fingerprint density at radius 1 is 1.19 bits per heavy atom. The topological polar surface area (TPSA) is 49.8 Å². The molecule has 0 amide bonds. The van der Waals surface area contributed by atoms with Crippen LogP contribution in [-0.4, -0.2) is 48.3 Å². The summed E-state index contributed by atoms with van der Waals surface area (Å²) in [6.07, 6.45) is 4.84. The van der Waals surface area contributed by atoms with Gasteiger partial charge in [-0.25, -0.2) is 0 Å². The van der Waals surface area contributed by atoms with Crippen molar-refractivity contribution in [1.29, 1.82) is 0 Å². The van der Waals surface area contributed by atoms with Gasteiger partial charge in [-0.1, -0.05) is 0 Å². The van der Waals surface area contributed by atoms with Crippen molar-refractivity contribution in [3.63, 3.8) is 0 Å². The third-order valence-electron chi connectivity index (χ3n) is 3.84. The number of carboxylic acids is 1. The molecule has 16 heavy (non-hydrogen) atoms. The number of aliphatic carboxylic acids is 1. The summed E-state index contributed by atoms with van der Waals surface area (Å²) in [5.41, 5.74) is 0. The van der Waals surface area contributed by atoms with Gasteiger partial charge in [-0.15, -0.1) is 0 Å². The summed E-state index contributed by atoms with van der Waals surface area (Å²) in [7, 11) is 0.